The van der Waals surface area contributed by atoms with Crippen LogP contribution in [0.3, 0.4) is 0 Å². The van der Waals surface area contributed by atoms with Crippen molar-refractivity contribution >= 4 is 11.9 Å². The number of hydrogen-bond acceptors (Lipinski definition) is 6. The Balaban J connectivity index is 1.68. The van der Waals surface area contributed by atoms with E-state index in [1.807, 2.05) is 32.0 Å². The number of fused-ring (bicyclic) bond motifs is 1. The summed E-state index contributed by atoms with van der Waals surface area (Å²) in [4.78, 5) is 27.6. The van der Waals surface area contributed by atoms with Crippen molar-refractivity contribution < 1.29 is 28.9 Å². The highest BCUT2D eigenvalue weighted by Crippen LogP contribution is 2.36. The minimum absolute atomic E-state index is 0.0124. The van der Waals surface area contributed by atoms with Crippen LogP contribution in [0.25, 0.3) is 0 Å². The van der Waals surface area contributed by atoms with Crippen LogP contribution in [0.2, 0.25) is 0 Å². The quantitative estimate of drug-likeness (QED) is 0.772. The lowest BCUT2D eigenvalue weighted by Crippen LogP contribution is -2.53. The molecule has 2 heterocycles. The maximum Gasteiger partial charge on any atom is 0.317 e. The van der Waals surface area contributed by atoms with Gasteiger partial charge in [-0.1, -0.05) is 6.07 Å². The van der Waals surface area contributed by atoms with Crippen LogP contribution in [-0.2, 0) is 19.7 Å². The van der Waals surface area contributed by atoms with Crippen LogP contribution >= 0.6 is 0 Å². The highest BCUT2D eigenvalue weighted by atomic mass is 16.6. The highest BCUT2D eigenvalue weighted by Gasteiger charge is 2.37. The van der Waals surface area contributed by atoms with Gasteiger partial charge in [0.05, 0.1) is 24.7 Å². The van der Waals surface area contributed by atoms with Gasteiger partial charge in [-0.15, -0.1) is 0 Å². The summed E-state index contributed by atoms with van der Waals surface area (Å²) in [5, 5.41) is 8.90. The number of amides is 1. The molecule has 8 heteroatoms. The number of carboxylic acid groups (broad SMARTS) is 1. The Morgan fingerprint density at radius 2 is 1.93 bits per heavy atom. The van der Waals surface area contributed by atoms with Crippen LogP contribution in [-0.4, -0.2) is 85.9 Å². The fourth-order valence-electron chi connectivity index (χ4n) is 3.61. The fourth-order valence-corrected chi connectivity index (χ4v) is 3.61. The molecule has 1 N–H and O–H groups in total. The lowest BCUT2D eigenvalue weighted by Gasteiger charge is -2.39. The van der Waals surface area contributed by atoms with E-state index in [2.05, 4.69) is 0 Å². The topological polar surface area (TPSA) is 88.5 Å². The second-order valence-corrected chi connectivity index (χ2v) is 7.82. The molecule has 154 valence electrons. The van der Waals surface area contributed by atoms with Crippen LogP contribution in [0.4, 0.5) is 0 Å². The van der Waals surface area contributed by atoms with E-state index in [1.54, 1.807) is 16.8 Å². The van der Waals surface area contributed by atoms with Crippen molar-refractivity contribution in [2.45, 2.75) is 25.4 Å². The van der Waals surface area contributed by atoms with Crippen molar-refractivity contribution in [1.82, 2.24) is 9.80 Å². The zero-order chi connectivity index (χ0) is 20.3. The van der Waals surface area contributed by atoms with Gasteiger partial charge in [0.15, 0.2) is 11.5 Å². The second kappa shape index (κ2) is 8.36. The molecule has 0 bridgehead atoms. The van der Waals surface area contributed by atoms with E-state index in [4.69, 9.17) is 19.3 Å². The predicted molar refractivity (Wildman–Crippen MR) is 102 cm³/mol. The fraction of sp³-hybridized carbons (Fsp3) is 0.600. The number of likely N-dealkylation sites (N-methyl/N-ethyl adjacent to an activating group) is 1. The third-order valence-corrected chi connectivity index (χ3v) is 5.15. The molecule has 28 heavy (non-hydrogen) atoms. The third kappa shape index (κ3) is 4.56. The largest absolute Gasteiger partial charge is 0.486 e. The first kappa shape index (κ1) is 20.4. The van der Waals surface area contributed by atoms with Gasteiger partial charge < -0.3 is 24.2 Å². The van der Waals surface area contributed by atoms with Crippen LogP contribution in [0.15, 0.2) is 18.2 Å². The second-order valence-electron chi connectivity index (χ2n) is 7.82. The number of carbonyl (C=O) groups is 2. The number of morpholine rings is 1. The molecule has 1 amide bonds. The van der Waals surface area contributed by atoms with E-state index < -0.39 is 11.4 Å². The molecule has 0 aromatic heterocycles. The van der Waals surface area contributed by atoms with Gasteiger partial charge in [-0.05, 0) is 38.6 Å². The smallest absolute Gasteiger partial charge is 0.317 e. The number of carboxylic acids is 1. The standard InChI is InChI=1S/C20H28N2O6/c1-20(2,14-4-5-16-17(10-14)28-9-8-27-16)19(25)22-6-7-26-15(12-22)11-21(3)13-18(23)24/h4-5,10,15H,6-9,11-13H2,1-3H3,(H,23,24). The summed E-state index contributed by atoms with van der Waals surface area (Å²) in [6.07, 6.45) is -0.210. The van der Waals surface area contributed by atoms with Crippen molar-refractivity contribution in [1.29, 1.82) is 0 Å². The van der Waals surface area contributed by atoms with Crippen LogP contribution in [0, 0.1) is 0 Å². The highest BCUT2D eigenvalue weighted by molar-refractivity contribution is 5.87. The number of nitrogens with zero attached hydrogens (tertiary/aromatic N) is 2. The molecule has 0 aliphatic carbocycles. The molecule has 1 unspecified atom stereocenters. The Kier molecular flexibility index (Phi) is 6.10. The van der Waals surface area contributed by atoms with Crippen molar-refractivity contribution in [2.75, 3.05) is 53.0 Å². The van der Waals surface area contributed by atoms with Crippen molar-refractivity contribution in [3.63, 3.8) is 0 Å². The molecule has 1 fully saturated rings. The number of carbonyl (C=O) groups excluding carboxylic acids is 1. The molecule has 1 saturated heterocycles. The van der Waals surface area contributed by atoms with Gasteiger partial charge in [0.1, 0.15) is 13.2 Å². The summed E-state index contributed by atoms with van der Waals surface area (Å²) in [7, 11) is 1.73. The maximum absolute atomic E-state index is 13.3. The molecule has 3 rings (SSSR count). The Labute approximate surface area is 165 Å². The minimum Gasteiger partial charge on any atom is -0.486 e. The Morgan fingerprint density at radius 1 is 1.21 bits per heavy atom. The molecule has 0 spiro atoms. The lowest BCUT2D eigenvalue weighted by atomic mass is 9.82. The average Bonchev–Trinajstić information content (AvgIpc) is 2.66. The van der Waals surface area contributed by atoms with Crippen molar-refractivity contribution in [3.05, 3.63) is 23.8 Å². The first-order valence-corrected chi connectivity index (χ1v) is 9.49. The van der Waals surface area contributed by atoms with Gasteiger partial charge in [-0.3, -0.25) is 14.5 Å². The summed E-state index contributed by atoms with van der Waals surface area (Å²) >= 11 is 0. The molecule has 2 aliphatic heterocycles. The Bertz CT molecular complexity index is 735. The van der Waals surface area contributed by atoms with E-state index in [0.717, 1.165) is 5.56 Å². The Morgan fingerprint density at radius 3 is 2.64 bits per heavy atom. The summed E-state index contributed by atoms with van der Waals surface area (Å²) in [5.74, 6) is 0.496. The third-order valence-electron chi connectivity index (χ3n) is 5.15. The first-order chi connectivity index (χ1) is 13.3. The number of hydrogen-bond donors (Lipinski definition) is 1. The molecule has 0 radical (unpaired) electrons. The van der Waals surface area contributed by atoms with Crippen LogP contribution < -0.4 is 9.47 Å². The molecule has 2 aliphatic rings. The number of benzene rings is 1. The van der Waals surface area contributed by atoms with Gasteiger partial charge in [0, 0.05) is 19.6 Å². The SMILES string of the molecule is CN(CC(=O)O)CC1CN(C(=O)C(C)(C)c2ccc3c(c2)OCCO3)CCO1. The number of aliphatic carboxylic acids is 1. The van der Waals surface area contributed by atoms with E-state index >= 15 is 0 Å². The van der Waals surface area contributed by atoms with Gasteiger partial charge >= 0.3 is 5.97 Å². The predicted octanol–water partition coefficient (Wildman–Crippen LogP) is 0.979. The zero-order valence-electron chi connectivity index (χ0n) is 16.6. The van der Waals surface area contributed by atoms with Gasteiger partial charge in [0.2, 0.25) is 5.91 Å². The molecule has 1 aromatic rings. The molecule has 1 atom stereocenters. The van der Waals surface area contributed by atoms with Gasteiger partial charge in [-0.25, -0.2) is 0 Å². The van der Waals surface area contributed by atoms with Gasteiger partial charge in [-0.2, -0.15) is 0 Å². The Hall–Kier alpha value is -2.32. The molecule has 0 saturated carbocycles. The van der Waals surface area contributed by atoms with Crippen molar-refractivity contribution in [2.24, 2.45) is 0 Å². The van der Waals surface area contributed by atoms with Crippen LogP contribution in [0.5, 0.6) is 11.5 Å². The minimum atomic E-state index is -0.883. The van der Waals surface area contributed by atoms with E-state index in [0.29, 0.717) is 51.0 Å². The summed E-state index contributed by atoms with van der Waals surface area (Å²) in [6.45, 7) is 6.64. The first-order valence-electron chi connectivity index (χ1n) is 9.49. The van der Waals surface area contributed by atoms with Gasteiger partial charge in [0.25, 0.3) is 0 Å². The zero-order valence-corrected chi connectivity index (χ0v) is 16.6. The summed E-state index contributed by atoms with van der Waals surface area (Å²) in [6, 6.07) is 5.64. The van der Waals surface area contributed by atoms with E-state index in [1.165, 1.54) is 0 Å². The monoisotopic (exact) mass is 392 g/mol. The average molecular weight is 392 g/mol. The summed E-state index contributed by atoms with van der Waals surface area (Å²) < 4.78 is 17.0. The molecular weight excluding hydrogens is 364 g/mol. The molecular formula is C20H28N2O6. The van der Waals surface area contributed by atoms with E-state index in [-0.39, 0.29) is 18.6 Å². The maximum atomic E-state index is 13.3. The molecule has 1 aromatic carbocycles. The summed E-state index contributed by atoms with van der Waals surface area (Å²) in [5.41, 5.74) is 0.137. The van der Waals surface area contributed by atoms with Crippen LogP contribution in [0.1, 0.15) is 19.4 Å². The normalized spacial score (nSPS) is 19.6. The van der Waals surface area contributed by atoms with E-state index in [9.17, 15) is 9.59 Å². The number of rotatable bonds is 6. The molecule has 8 nitrogen and oxygen atoms in total. The van der Waals surface area contributed by atoms with Crippen molar-refractivity contribution in [3.8, 4) is 11.5 Å². The number of ether oxygens (including phenoxy) is 3. The lowest BCUT2D eigenvalue weighted by molar-refractivity contribution is -0.146.